The molecular formula is C17H23NO. The molecule has 1 atom stereocenters. The van der Waals surface area contributed by atoms with E-state index in [1.165, 1.54) is 11.1 Å². The standard InChI is InChI=1S/C17H23NO/c1-4-15-9-10-17(19-15)16(18)11-13-5-7-14(8-6-13)12(2)3/h5-10,12,16H,4,11,18H2,1-3H3. The third kappa shape index (κ3) is 3.48. The summed E-state index contributed by atoms with van der Waals surface area (Å²) in [6.45, 7) is 6.49. The van der Waals surface area contributed by atoms with Crippen molar-refractivity contribution in [1.82, 2.24) is 0 Å². The van der Waals surface area contributed by atoms with E-state index in [1.54, 1.807) is 0 Å². The molecule has 0 aliphatic rings. The Morgan fingerprint density at radius 3 is 2.26 bits per heavy atom. The van der Waals surface area contributed by atoms with E-state index in [4.69, 9.17) is 10.2 Å². The van der Waals surface area contributed by atoms with E-state index in [0.717, 1.165) is 24.4 Å². The number of nitrogens with two attached hydrogens (primary N) is 1. The van der Waals surface area contributed by atoms with Crippen molar-refractivity contribution in [1.29, 1.82) is 0 Å². The molecule has 1 unspecified atom stereocenters. The fourth-order valence-electron chi connectivity index (χ4n) is 2.18. The van der Waals surface area contributed by atoms with E-state index in [0.29, 0.717) is 5.92 Å². The highest BCUT2D eigenvalue weighted by Crippen LogP contribution is 2.21. The molecule has 2 nitrogen and oxygen atoms in total. The number of hydrogen-bond donors (Lipinski definition) is 1. The summed E-state index contributed by atoms with van der Waals surface area (Å²) in [5.74, 6) is 2.45. The van der Waals surface area contributed by atoms with E-state index in [-0.39, 0.29) is 6.04 Å². The molecule has 0 bridgehead atoms. The lowest BCUT2D eigenvalue weighted by Gasteiger charge is -2.11. The van der Waals surface area contributed by atoms with Gasteiger partial charge in [0.05, 0.1) is 6.04 Å². The predicted molar refractivity (Wildman–Crippen MR) is 79.2 cm³/mol. The van der Waals surface area contributed by atoms with Gasteiger partial charge in [0.2, 0.25) is 0 Å². The highest BCUT2D eigenvalue weighted by atomic mass is 16.3. The van der Waals surface area contributed by atoms with Crippen LogP contribution in [-0.4, -0.2) is 0 Å². The van der Waals surface area contributed by atoms with Gasteiger partial charge >= 0.3 is 0 Å². The van der Waals surface area contributed by atoms with Gasteiger partial charge in [-0.3, -0.25) is 0 Å². The first-order valence-corrected chi connectivity index (χ1v) is 7.03. The Morgan fingerprint density at radius 2 is 1.74 bits per heavy atom. The van der Waals surface area contributed by atoms with Gasteiger partial charge in [-0.1, -0.05) is 45.0 Å². The maximum atomic E-state index is 6.20. The zero-order chi connectivity index (χ0) is 13.8. The lowest BCUT2D eigenvalue weighted by molar-refractivity contribution is 0.434. The minimum atomic E-state index is -0.0646. The highest BCUT2D eigenvalue weighted by molar-refractivity contribution is 5.26. The van der Waals surface area contributed by atoms with Crippen LogP contribution in [0.3, 0.4) is 0 Å². The number of aryl methyl sites for hydroxylation is 1. The van der Waals surface area contributed by atoms with Crippen LogP contribution in [0.15, 0.2) is 40.8 Å². The number of benzene rings is 1. The Labute approximate surface area is 115 Å². The van der Waals surface area contributed by atoms with Gasteiger partial charge in [0.15, 0.2) is 0 Å². The van der Waals surface area contributed by atoms with Crippen LogP contribution < -0.4 is 5.73 Å². The van der Waals surface area contributed by atoms with Crippen molar-refractivity contribution < 1.29 is 4.42 Å². The summed E-state index contributed by atoms with van der Waals surface area (Å²) >= 11 is 0. The zero-order valence-electron chi connectivity index (χ0n) is 12.0. The number of furan rings is 1. The molecule has 0 saturated heterocycles. The van der Waals surface area contributed by atoms with Crippen LogP contribution >= 0.6 is 0 Å². The molecule has 0 aliphatic heterocycles. The van der Waals surface area contributed by atoms with Crippen molar-refractivity contribution >= 4 is 0 Å². The van der Waals surface area contributed by atoms with Gasteiger partial charge in [-0.05, 0) is 35.6 Å². The summed E-state index contributed by atoms with van der Waals surface area (Å²) in [6.07, 6.45) is 1.73. The van der Waals surface area contributed by atoms with Gasteiger partial charge in [0.1, 0.15) is 11.5 Å². The van der Waals surface area contributed by atoms with E-state index in [2.05, 4.69) is 45.0 Å². The summed E-state index contributed by atoms with van der Waals surface area (Å²) in [4.78, 5) is 0. The minimum absolute atomic E-state index is 0.0646. The maximum absolute atomic E-state index is 6.20. The van der Waals surface area contributed by atoms with Crippen LogP contribution in [0, 0.1) is 0 Å². The molecule has 0 fully saturated rings. The number of rotatable bonds is 5. The fourth-order valence-corrected chi connectivity index (χ4v) is 2.18. The summed E-state index contributed by atoms with van der Waals surface area (Å²) in [5, 5.41) is 0. The Kier molecular flexibility index (Phi) is 4.43. The molecule has 0 radical (unpaired) electrons. The van der Waals surface area contributed by atoms with Crippen molar-refractivity contribution in [2.75, 3.05) is 0 Å². The van der Waals surface area contributed by atoms with Crippen molar-refractivity contribution in [2.45, 2.75) is 45.6 Å². The lowest BCUT2D eigenvalue weighted by atomic mass is 9.99. The van der Waals surface area contributed by atoms with Crippen LogP contribution in [0.2, 0.25) is 0 Å². The lowest BCUT2D eigenvalue weighted by Crippen LogP contribution is -2.12. The molecule has 19 heavy (non-hydrogen) atoms. The molecule has 2 rings (SSSR count). The topological polar surface area (TPSA) is 39.2 Å². The smallest absolute Gasteiger partial charge is 0.121 e. The molecule has 0 amide bonds. The van der Waals surface area contributed by atoms with Gasteiger partial charge in [0, 0.05) is 6.42 Å². The molecular weight excluding hydrogens is 234 g/mol. The van der Waals surface area contributed by atoms with Crippen LogP contribution in [0.4, 0.5) is 0 Å². The van der Waals surface area contributed by atoms with E-state index >= 15 is 0 Å². The number of hydrogen-bond acceptors (Lipinski definition) is 2. The second-order valence-corrected chi connectivity index (χ2v) is 5.36. The van der Waals surface area contributed by atoms with Gasteiger partial charge < -0.3 is 10.2 Å². The quantitative estimate of drug-likeness (QED) is 0.871. The fraction of sp³-hybridized carbons (Fsp3) is 0.412. The summed E-state index contributed by atoms with van der Waals surface area (Å²) in [5.41, 5.74) is 8.82. The molecule has 0 saturated carbocycles. The first-order chi connectivity index (χ1) is 9.10. The first kappa shape index (κ1) is 13.9. The van der Waals surface area contributed by atoms with Crippen LogP contribution in [0.5, 0.6) is 0 Å². The average molecular weight is 257 g/mol. The van der Waals surface area contributed by atoms with E-state index in [9.17, 15) is 0 Å². The molecule has 0 spiro atoms. The molecule has 2 aromatic rings. The maximum Gasteiger partial charge on any atom is 0.121 e. The Balaban J connectivity index is 2.03. The monoisotopic (exact) mass is 257 g/mol. The Hall–Kier alpha value is -1.54. The molecule has 1 aromatic carbocycles. The normalized spacial score (nSPS) is 12.9. The average Bonchev–Trinajstić information content (AvgIpc) is 2.88. The Bertz CT molecular complexity index is 510. The van der Waals surface area contributed by atoms with Crippen molar-refractivity contribution in [3.63, 3.8) is 0 Å². The summed E-state index contributed by atoms with van der Waals surface area (Å²) in [7, 11) is 0. The van der Waals surface area contributed by atoms with Crippen LogP contribution in [0.25, 0.3) is 0 Å². The third-order valence-corrected chi connectivity index (χ3v) is 3.50. The van der Waals surface area contributed by atoms with E-state index in [1.807, 2.05) is 12.1 Å². The molecule has 0 aliphatic carbocycles. The third-order valence-electron chi connectivity index (χ3n) is 3.50. The molecule has 2 heteroatoms. The zero-order valence-corrected chi connectivity index (χ0v) is 12.0. The van der Waals surface area contributed by atoms with Gasteiger partial charge in [-0.2, -0.15) is 0 Å². The Morgan fingerprint density at radius 1 is 1.05 bits per heavy atom. The largest absolute Gasteiger partial charge is 0.464 e. The van der Waals surface area contributed by atoms with Crippen molar-refractivity contribution in [2.24, 2.45) is 5.73 Å². The summed E-state index contributed by atoms with van der Waals surface area (Å²) < 4.78 is 5.70. The molecule has 1 heterocycles. The first-order valence-electron chi connectivity index (χ1n) is 7.03. The molecule has 2 N–H and O–H groups in total. The minimum Gasteiger partial charge on any atom is -0.464 e. The second kappa shape index (κ2) is 6.07. The van der Waals surface area contributed by atoms with Gasteiger partial charge in [-0.25, -0.2) is 0 Å². The summed E-state index contributed by atoms with van der Waals surface area (Å²) in [6, 6.07) is 12.6. The van der Waals surface area contributed by atoms with Gasteiger partial charge in [0.25, 0.3) is 0 Å². The van der Waals surface area contributed by atoms with Crippen LogP contribution in [-0.2, 0) is 12.8 Å². The van der Waals surface area contributed by atoms with Crippen molar-refractivity contribution in [3.8, 4) is 0 Å². The molecule has 1 aromatic heterocycles. The van der Waals surface area contributed by atoms with Crippen LogP contribution in [0.1, 0.15) is 55.4 Å². The highest BCUT2D eigenvalue weighted by Gasteiger charge is 2.11. The van der Waals surface area contributed by atoms with Crippen molar-refractivity contribution in [3.05, 3.63) is 59.0 Å². The SMILES string of the molecule is CCc1ccc(C(N)Cc2ccc(C(C)C)cc2)o1. The molecule has 102 valence electrons. The predicted octanol–water partition coefficient (Wildman–Crippen LogP) is 4.21. The van der Waals surface area contributed by atoms with E-state index < -0.39 is 0 Å². The second-order valence-electron chi connectivity index (χ2n) is 5.36. The van der Waals surface area contributed by atoms with Gasteiger partial charge in [-0.15, -0.1) is 0 Å².